The van der Waals surface area contributed by atoms with Crippen molar-refractivity contribution in [3.63, 3.8) is 0 Å². The first-order chi connectivity index (χ1) is 13.0. The lowest BCUT2D eigenvalue weighted by Crippen LogP contribution is -2.45. The Labute approximate surface area is 163 Å². The zero-order valence-electron chi connectivity index (χ0n) is 15.0. The molecule has 1 N–H and O–H groups in total. The molecule has 2 aliphatic rings. The number of hydrogen-bond donors (Lipinski definition) is 1. The van der Waals surface area contributed by atoms with E-state index in [1.807, 2.05) is 11.4 Å². The lowest BCUT2D eigenvalue weighted by atomic mass is 9.95. The predicted octanol–water partition coefficient (Wildman–Crippen LogP) is 3.77. The number of unbranched alkanes of at least 4 members (excludes halogenated alkanes) is 2. The first kappa shape index (κ1) is 18.2. The SMILES string of the molecule is CCCCCN1CC(C2=NS(=O)(=O)c3ccccc3N2)C(=O)c2sccc21. The van der Waals surface area contributed by atoms with Crippen molar-refractivity contribution in [3.8, 4) is 0 Å². The summed E-state index contributed by atoms with van der Waals surface area (Å²) in [5, 5.41) is 5.01. The van der Waals surface area contributed by atoms with Crippen molar-refractivity contribution in [2.24, 2.45) is 10.3 Å². The minimum absolute atomic E-state index is 0.0624. The molecule has 8 heteroatoms. The van der Waals surface area contributed by atoms with Gasteiger partial charge >= 0.3 is 0 Å². The molecule has 4 rings (SSSR count). The molecule has 1 unspecified atom stereocenters. The third-order valence-corrected chi connectivity index (χ3v) is 7.20. The van der Waals surface area contributed by atoms with Crippen molar-refractivity contribution in [3.05, 3.63) is 40.6 Å². The van der Waals surface area contributed by atoms with Crippen molar-refractivity contribution in [1.82, 2.24) is 0 Å². The molecule has 0 fully saturated rings. The van der Waals surface area contributed by atoms with Gasteiger partial charge in [-0.25, -0.2) is 0 Å². The summed E-state index contributed by atoms with van der Waals surface area (Å²) in [5.74, 6) is -0.452. The third-order valence-electron chi connectivity index (χ3n) is 4.94. The molecule has 0 spiro atoms. The Kier molecular flexibility index (Phi) is 4.77. The molecule has 0 radical (unpaired) electrons. The fraction of sp³-hybridized carbons (Fsp3) is 0.368. The highest BCUT2D eigenvalue weighted by Crippen LogP contribution is 2.36. The van der Waals surface area contributed by atoms with Crippen LogP contribution in [0.3, 0.4) is 0 Å². The predicted molar refractivity (Wildman–Crippen MR) is 109 cm³/mol. The largest absolute Gasteiger partial charge is 0.369 e. The van der Waals surface area contributed by atoms with Gasteiger partial charge in [0.1, 0.15) is 10.7 Å². The average Bonchev–Trinajstić information content (AvgIpc) is 3.14. The number of amidine groups is 1. The molecule has 1 aromatic heterocycles. The van der Waals surface area contributed by atoms with Gasteiger partial charge in [-0.1, -0.05) is 31.9 Å². The number of thiophene rings is 1. The Morgan fingerprint density at radius 3 is 2.89 bits per heavy atom. The Balaban J connectivity index is 1.68. The lowest BCUT2D eigenvalue weighted by molar-refractivity contribution is 0.0955. The monoisotopic (exact) mass is 403 g/mol. The maximum Gasteiger partial charge on any atom is 0.286 e. The van der Waals surface area contributed by atoms with Gasteiger partial charge in [-0.15, -0.1) is 15.7 Å². The number of sulfonamides is 1. The highest BCUT2D eigenvalue weighted by Gasteiger charge is 2.39. The summed E-state index contributed by atoms with van der Waals surface area (Å²) in [4.78, 5) is 16.1. The summed E-state index contributed by atoms with van der Waals surface area (Å²) in [7, 11) is -3.81. The van der Waals surface area contributed by atoms with Gasteiger partial charge in [0.25, 0.3) is 10.0 Å². The first-order valence-corrected chi connectivity index (χ1v) is 11.4. The molecule has 142 valence electrons. The van der Waals surface area contributed by atoms with E-state index in [1.165, 1.54) is 17.4 Å². The van der Waals surface area contributed by atoms with E-state index in [-0.39, 0.29) is 16.5 Å². The fourth-order valence-corrected chi connectivity index (χ4v) is 5.64. The molecule has 0 saturated carbocycles. The number of Topliss-reactive ketones (excluding diaryl/α,β-unsaturated/α-hetero) is 1. The van der Waals surface area contributed by atoms with Crippen LogP contribution in [0.15, 0.2) is 45.0 Å². The average molecular weight is 404 g/mol. The van der Waals surface area contributed by atoms with E-state index in [0.29, 0.717) is 17.1 Å². The van der Waals surface area contributed by atoms with E-state index < -0.39 is 15.9 Å². The Hall–Kier alpha value is -2.19. The standard InChI is InChI=1S/C19H21N3O3S2/c1-2-3-6-10-22-12-13(17(23)18-15(22)9-11-26-18)19-20-14-7-4-5-8-16(14)27(24,25)21-19/h4-5,7-9,11,13H,2-3,6,10,12H2,1H3,(H,20,21). The molecule has 2 aliphatic heterocycles. The highest BCUT2D eigenvalue weighted by atomic mass is 32.2. The first-order valence-electron chi connectivity index (χ1n) is 9.09. The smallest absolute Gasteiger partial charge is 0.286 e. The maximum absolute atomic E-state index is 13.0. The van der Waals surface area contributed by atoms with E-state index in [4.69, 9.17) is 0 Å². The van der Waals surface area contributed by atoms with E-state index in [2.05, 4.69) is 21.5 Å². The molecule has 0 saturated heterocycles. The van der Waals surface area contributed by atoms with Gasteiger partial charge in [-0.2, -0.15) is 8.42 Å². The Morgan fingerprint density at radius 1 is 1.26 bits per heavy atom. The van der Waals surface area contributed by atoms with E-state index in [9.17, 15) is 13.2 Å². The van der Waals surface area contributed by atoms with E-state index in [0.717, 1.165) is 31.5 Å². The molecule has 1 atom stereocenters. The van der Waals surface area contributed by atoms with Crippen LogP contribution in [0.25, 0.3) is 0 Å². The van der Waals surface area contributed by atoms with E-state index in [1.54, 1.807) is 18.2 Å². The number of hydrogen-bond acceptors (Lipinski definition) is 6. The Morgan fingerprint density at radius 2 is 2.07 bits per heavy atom. The van der Waals surface area contributed by atoms with Crippen LogP contribution in [-0.2, 0) is 10.0 Å². The molecule has 0 aliphatic carbocycles. The lowest BCUT2D eigenvalue weighted by Gasteiger charge is -2.34. The minimum atomic E-state index is -3.81. The van der Waals surface area contributed by atoms with Crippen LogP contribution in [0, 0.1) is 5.92 Å². The molecular weight excluding hydrogens is 382 g/mol. The normalized spacial score (nSPS) is 20.5. The number of fused-ring (bicyclic) bond motifs is 2. The molecule has 6 nitrogen and oxygen atoms in total. The molecule has 3 heterocycles. The minimum Gasteiger partial charge on any atom is -0.369 e. The summed E-state index contributed by atoms with van der Waals surface area (Å²) in [6.45, 7) is 3.44. The van der Waals surface area contributed by atoms with Crippen molar-refractivity contribution >= 4 is 44.4 Å². The zero-order chi connectivity index (χ0) is 19.0. The number of nitrogens with zero attached hydrogens (tertiary/aromatic N) is 2. The van der Waals surface area contributed by atoms with Crippen molar-refractivity contribution in [2.45, 2.75) is 31.1 Å². The molecule has 0 amide bonds. The molecule has 2 aromatic rings. The number of para-hydroxylation sites is 1. The van der Waals surface area contributed by atoms with Crippen LogP contribution in [-0.4, -0.2) is 33.1 Å². The molecular formula is C19H21N3O3S2. The summed E-state index contributed by atoms with van der Waals surface area (Å²) in [6, 6.07) is 8.63. The van der Waals surface area contributed by atoms with Crippen LogP contribution in [0.2, 0.25) is 0 Å². The summed E-state index contributed by atoms with van der Waals surface area (Å²) in [6.07, 6.45) is 3.28. The van der Waals surface area contributed by atoms with Gasteiger partial charge in [0.05, 0.1) is 22.2 Å². The van der Waals surface area contributed by atoms with Gasteiger partial charge in [-0.3, -0.25) is 4.79 Å². The van der Waals surface area contributed by atoms with Crippen LogP contribution >= 0.6 is 11.3 Å². The third kappa shape index (κ3) is 3.27. The van der Waals surface area contributed by atoms with Gasteiger partial charge in [0.15, 0.2) is 5.78 Å². The number of carbonyl (C=O) groups excluding carboxylic acids is 1. The summed E-state index contributed by atoms with van der Waals surface area (Å²) >= 11 is 1.41. The van der Waals surface area contributed by atoms with Crippen LogP contribution in [0.4, 0.5) is 11.4 Å². The molecule has 0 bridgehead atoms. The molecule has 27 heavy (non-hydrogen) atoms. The van der Waals surface area contributed by atoms with Crippen LogP contribution in [0.1, 0.15) is 35.9 Å². The highest BCUT2D eigenvalue weighted by molar-refractivity contribution is 7.90. The fourth-order valence-electron chi connectivity index (χ4n) is 3.56. The number of ketones is 1. The van der Waals surface area contributed by atoms with Gasteiger partial charge in [-0.05, 0) is 30.0 Å². The van der Waals surface area contributed by atoms with Crippen molar-refractivity contribution in [1.29, 1.82) is 0 Å². The summed E-state index contributed by atoms with van der Waals surface area (Å²) in [5.41, 5.74) is 1.43. The van der Waals surface area contributed by atoms with Crippen LogP contribution < -0.4 is 10.2 Å². The second-order valence-corrected chi connectivity index (χ2v) is 9.27. The Bertz CT molecular complexity index is 1010. The number of benzene rings is 1. The molecule has 1 aromatic carbocycles. The summed E-state index contributed by atoms with van der Waals surface area (Å²) < 4.78 is 29.1. The van der Waals surface area contributed by atoms with Crippen LogP contribution in [0.5, 0.6) is 0 Å². The quantitative estimate of drug-likeness (QED) is 0.769. The van der Waals surface area contributed by atoms with Gasteiger partial charge in [0.2, 0.25) is 0 Å². The zero-order valence-corrected chi connectivity index (χ0v) is 16.6. The van der Waals surface area contributed by atoms with E-state index >= 15 is 0 Å². The second-order valence-electron chi connectivity index (χ2n) is 6.78. The van der Waals surface area contributed by atoms with Gasteiger partial charge in [0, 0.05) is 13.1 Å². The van der Waals surface area contributed by atoms with Crippen molar-refractivity contribution < 1.29 is 13.2 Å². The number of anilines is 2. The number of carbonyl (C=O) groups is 1. The van der Waals surface area contributed by atoms with Gasteiger partial charge < -0.3 is 10.2 Å². The maximum atomic E-state index is 13.0. The van der Waals surface area contributed by atoms with Crippen molar-refractivity contribution in [2.75, 3.05) is 23.3 Å². The second kappa shape index (κ2) is 7.09. The number of rotatable bonds is 5. The number of nitrogens with one attached hydrogen (secondary N) is 1. The topological polar surface area (TPSA) is 78.8 Å².